The van der Waals surface area contributed by atoms with Gasteiger partial charge in [0.15, 0.2) is 0 Å². The van der Waals surface area contributed by atoms with Crippen molar-refractivity contribution in [2.45, 2.75) is 31.8 Å². The lowest BCUT2D eigenvalue weighted by atomic mass is 10.4. The molecule has 0 aromatic carbocycles. The van der Waals surface area contributed by atoms with Gasteiger partial charge in [0, 0.05) is 5.75 Å². The zero-order valence-corrected chi connectivity index (χ0v) is 6.20. The van der Waals surface area contributed by atoms with Crippen LogP contribution in [0.5, 0.6) is 0 Å². The fourth-order valence-corrected chi connectivity index (χ4v) is 1.86. The van der Waals surface area contributed by atoms with Gasteiger partial charge in [-0.15, -0.1) is 11.8 Å². The standard InChI is InChI=1S/C6H12OS/c1-3-6-7-5(2)4-8-6/h5-6H,3-4H2,1-2H3/t5-,6-/m0/s1. The third kappa shape index (κ3) is 1.39. The molecule has 1 heterocycles. The Morgan fingerprint density at radius 2 is 2.50 bits per heavy atom. The Morgan fingerprint density at radius 1 is 1.75 bits per heavy atom. The molecular formula is C6H12OS. The van der Waals surface area contributed by atoms with Gasteiger partial charge in [-0.1, -0.05) is 6.92 Å². The van der Waals surface area contributed by atoms with E-state index < -0.39 is 0 Å². The van der Waals surface area contributed by atoms with Crippen LogP contribution in [0.1, 0.15) is 20.3 Å². The third-order valence-electron chi connectivity index (χ3n) is 1.23. The molecule has 0 aromatic rings. The van der Waals surface area contributed by atoms with E-state index in [9.17, 15) is 0 Å². The third-order valence-corrected chi connectivity index (χ3v) is 2.71. The highest BCUT2D eigenvalue weighted by atomic mass is 32.2. The molecule has 0 unspecified atom stereocenters. The summed E-state index contributed by atoms with van der Waals surface area (Å²) in [6.45, 7) is 4.29. The first-order valence-electron chi connectivity index (χ1n) is 3.10. The molecule has 2 heteroatoms. The minimum atomic E-state index is 0.491. The zero-order chi connectivity index (χ0) is 5.98. The van der Waals surface area contributed by atoms with E-state index in [1.165, 1.54) is 5.75 Å². The van der Waals surface area contributed by atoms with E-state index >= 15 is 0 Å². The van der Waals surface area contributed by atoms with Crippen LogP contribution in [0, 0.1) is 0 Å². The summed E-state index contributed by atoms with van der Waals surface area (Å²) in [5.41, 5.74) is 0.491. The highest BCUT2D eigenvalue weighted by Crippen LogP contribution is 2.26. The first-order valence-corrected chi connectivity index (χ1v) is 4.15. The Balaban J connectivity index is 2.22. The lowest BCUT2D eigenvalue weighted by Gasteiger charge is -2.04. The van der Waals surface area contributed by atoms with Crippen LogP contribution in [0.2, 0.25) is 0 Å². The molecule has 1 saturated heterocycles. The van der Waals surface area contributed by atoms with Crippen molar-refractivity contribution >= 4 is 11.8 Å². The maximum Gasteiger partial charge on any atom is 0.103 e. The number of rotatable bonds is 1. The van der Waals surface area contributed by atoms with Crippen LogP contribution < -0.4 is 0 Å². The predicted octanol–water partition coefficient (Wildman–Crippen LogP) is 1.87. The molecule has 1 aliphatic rings. The van der Waals surface area contributed by atoms with Gasteiger partial charge in [-0.2, -0.15) is 0 Å². The van der Waals surface area contributed by atoms with Crippen molar-refractivity contribution in [3.63, 3.8) is 0 Å². The van der Waals surface area contributed by atoms with Crippen LogP contribution in [-0.4, -0.2) is 17.3 Å². The Bertz CT molecular complexity index is 74.9. The van der Waals surface area contributed by atoms with Crippen molar-refractivity contribution in [1.82, 2.24) is 0 Å². The van der Waals surface area contributed by atoms with Crippen LogP contribution >= 0.6 is 11.8 Å². The van der Waals surface area contributed by atoms with Crippen molar-refractivity contribution in [1.29, 1.82) is 0 Å². The van der Waals surface area contributed by atoms with Gasteiger partial charge in [-0.25, -0.2) is 0 Å². The summed E-state index contributed by atoms with van der Waals surface area (Å²) in [5, 5.41) is 0. The molecule has 0 bridgehead atoms. The number of thioether (sulfide) groups is 1. The molecule has 0 aromatic heterocycles. The lowest BCUT2D eigenvalue weighted by Crippen LogP contribution is -2.05. The van der Waals surface area contributed by atoms with E-state index in [4.69, 9.17) is 4.74 Å². The van der Waals surface area contributed by atoms with Crippen LogP contribution in [0.3, 0.4) is 0 Å². The topological polar surface area (TPSA) is 9.23 Å². The van der Waals surface area contributed by atoms with Crippen molar-refractivity contribution in [2.75, 3.05) is 5.75 Å². The molecule has 0 radical (unpaired) electrons. The average Bonchev–Trinajstić information content (AvgIpc) is 2.14. The first kappa shape index (κ1) is 6.43. The minimum absolute atomic E-state index is 0.491. The van der Waals surface area contributed by atoms with E-state index in [1.807, 2.05) is 11.8 Å². The van der Waals surface area contributed by atoms with Gasteiger partial charge in [0.1, 0.15) is 5.44 Å². The molecule has 0 spiro atoms. The fraction of sp³-hybridized carbons (Fsp3) is 1.00. The van der Waals surface area contributed by atoms with Crippen molar-refractivity contribution in [2.24, 2.45) is 0 Å². The van der Waals surface area contributed by atoms with Gasteiger partial charge in [0.05, 0.1) is 6.10 Å². The Hall–Kier alpha value is 0.310. The average molecular weight is 132 g/mol. The Labute approximate surface area is 54.8 Å². The zero-order valence-electron chi connectivity index (χ0n) is 5.39. The molecule has 0 saturated carbocycles. The summed E-state index contributed by atoms with van der Waals surface area (Å²) < 4.78 is 5.47. The molecule has 1 nitrogen and oxygen atoms in total. The maximum absolute atomic E-state index is 5.47. The van der Waals surface area contributed by atoms with Crippen molar-refractivity contribution in [3.05, 3.63) is 0 Å². The normalized spacial score (nSPS) is 38.2. The summed E-state index contributed by atoms with van der Waals surface area (Å²) in [6, 6.07) is 0. The van der Waals surface area contributed by atoms with Gasteiger partial charge in [0.2, 0.25) is 0 Å². The fourth-order valence-electron chi connectivity index (χ4n) is 0.795. The summed E-state index contributed by atoms with van der Waals surface area (Å²) in [4.78, 5) is 0. The molecule has 48 valence electrons. The smallest absolute Gasteiger partial charge is 0.103 e. The minimum Gasteiger partial charge on any atom is -0.364 e. The second-order valence-corrected chi connectivity index (χ2v) is 3.31. The lowest BCUT2D eigenvalue weighted by molar-refractivity contribution is 0.0770. The van der Waals surface area contributed by atoms with Crippen LogP contribution in [-0.2, 0) is 4.74 Å². The van der Waals surface area contributed by atoms with E-state index in [2.05, 4.69) is 13.8 Å². The molecule has 8 heavy (non-hydrogen) atoms. The van der Waals surface area contributed by atoms with Gasteiger partial charge >= 0.3 is 0 Å². The predicted molar refractivity (Wildman–Crippen MR) is 37.1 cm³/mol. The second-order valence-electron chi connectivity index (χ2n) is 2.12. The Kier molecular flexibility index (Phi) is 2.20. The molecule has 1 fully saturated rings. The van der Waals surface area contributed by atoms with Crippen LogP contribution in [0.25, 0.3) is 0 Å². The first-order chi connectivity index (χ1) is 3.83. The number of ether oxygens (including phenoxy) is 1. The number of hydrogen-bond acceptors (Lipinski definition) is 2. The van der Waals surface area contributed by atoms with Gasteiger partial charge < -0.3 is 4.74 Å². The maximum atomic E-state index is 5.47. The van der Waals surface area contributed by atoms with Crippen LogP contribution in [0.15, 0.2) is 0 Å². The molecule has 0 N–H and O–H groups in total. The summed E-state index contributed by atoms with van der Waals surface area (Å²) >= 11 is 1.93. The molecule has 1 rings (SSSR count). The van der Waals surface area contributed by atoms with Gasteiger partial charge in [-0.3, -0.25) is 0 Å². The van der Waals surface area contributed by atoms with E-state index in [0.717, 1.165) is 6.42 Å². The molecular weight excluding hydrogens is 120 g/mol. The highest BCUT2D eigenvalue weighted by molar-refractivity contribution is 8.00. The van der Waals surface area contributed by atoms with Crippen LogP contribution in [0.4, 0.5) is 0 Å². The van der Waals surface area contributed by atoms with Crippen molar-refractivity contribution in [3.8, 4) is 0 Å². The monoisotopic (exact) mass is 132 g/mol. The van der Waals surface area contributed by atoms with E-state index in [1.54, 1.807) is 0 Å². The second kappa shape index (κ2) is 2.74. The van der Waals surface area contributed by atoms with Gasteiger partial charge in [0.25, 0.3) is 0 Å². The summed E-state index contributed by atoms with van der Waals surface area (Å²) in [5.74, 6) is 1.18. The molecule has 1 aliphatic heterocycles. The van der Waals surface area contributed by atoms with Crippen molar-refractivity contribution < 1.29 is 4.74 Å². The Morgan fingerprint density at radius 3 is 2.75 bits per heavy atom. The van der Waals surface area contributed by atoms with E-state index in [0.29, 0.717) is 11.5 Å². The SMILES string of the molecule is CC[C@H]1O[C@@H](C)CS1. The highest BCUT2D eigenvalue weighted by Gasteiger charge is 2.19. The largest absolute Gasteiger partial charge is 0.364 e. The van der Waals surface area contributed by atoms with Gasteiger partial charge in [-0.05, 0) is 13.3 Å². The number of hydrogen-bond donors (Lipinski definition) is 0. The summed E-state index contributed by atoms with van der Waals surface area (Å²) in [7, 11) is 0. The quantitative estimate of drug-likeness (QED) is 0.538. The molecule has 0 amide bonds. The summed E-state index contributed by atoms with van der Waals surface area (Å²) in [6.07, 6.45) is 1.64. The van der Waals surface area contributed by atoms with E-state index in [-0.39, 0.29) is 0 Å². The molecule has 0 aliphatic carbocycles. The molecule has 2 atom stereocenters.